The van der Waals surface area contributed by atoms with Crippen LogP contribution in [0.25, 0.3) is 5.65 Å². The van der Waals surface area contributed by atoms with Gasteiger partial charge >= 0.3 is 6.03 Å². The number of imidazole rings is 1. The van der Waals surface area contributed by atoms with Gasteiger partial charge in [-0.1, -0.05) is 0 Å². The maximum atomic E-state index is 14.1. The first-order chi connectivity index (χ1) is 16.1. The second kappa shape index (κ2) is 8.63. The van der Waals surface area contributed by atoms with Gasteiger partial charge in [0.25, 0.3) is 5.92 Å². The molecule has 3 N–H and O–H groups in total. The summed E-state index contributed by atoms with van der Waals surface area (Å²) in [6.07, 6.45) is 5.31. The van der Waals surface area contributed by atoms with Crippen molar-refractivity contribution in [1.82, 2.24) is 24.8 Å². The quantitative estimate of drug-likeness (QED) is 0.587. The van der Waals surface area contributed by atoms with Crippen LogP contribution in [0.2, 0.25) is 0 Å². The number of nitrogens with two attached hydrogens (primary N) is 1. The summed E-state index contributed by atoms with van der Waals surface area (Å²) in [7, 11) is 0. The van der Waals surface area contributed by atoms with Crippen molar-refractivity contribution in [2.75, 3.05) is 19.7 Å². The Kier molecular flexibility index (Phi) is 5.91. The average molecular weight is 484 g/mol. The Morgan fingerprint density at radius 2 is 1.91 bits per heavy atom. The number of urea groups is 1. The van der Waals surface area contributed by atoms with E-state index in [-0.39, 0.29) is 31.5 Å². The molecular formula is C22H28F4N6O2. The third kappa shape index (κ3) is 4.97. The molecule has 2 saturated carbocycles. The third-order valence-electron chi connectivity index (χ3n) is 6.91. The molecule has 2 aromatic heterocycles. The number of hydrogen-bond acceptors (Lipinski definition) is 5. The molecule has 0 aromatic carbocycles. The van der Waals surface area contributed by atoms with E-state index in [0.29, 0.717) is 29.7 Å². The molecule has 12 heteroatoms. The van der Waals surface area contributed by atoms with Crippen molar-refractivity contribution in [1.29, 1.82) is 0 Å². The summed E-state index contributed by atoms with van der Waals surface area (Å²) >= 11 is 0. The molecule has 8 nitrogen and oxygen atoms in total. The summed E-state index contributed by atoms with van der Waals surface area (Å²) in [5.41, 5.74) is 7.85. The predicted molar refractivity (Wildman–Crippen MR) is 114 cm³/mol. The molecule has 2 aromatic rings. The molecule has 0 spiro atoms. The van der Waals surface area contributed by atoms with Crippen LogP contribution < -0.4 is 11.1 Å². The normalized spacial score (nSPS) is 24.7. The molecule has 1 saturated heterocycles. The van der Waals surface area contributed by atoms with Gasteiger partial charge in [0.1, 0.15) is 0 Å². The van der Waals surface area contributed by atoms with Gasteiger partial charge in [0.05, 0.1) is 56.0 Å². The van der Waals surface area contributed by atoms with Gasteiger partial charge in [-0.25, -0.2) is 31.9 Å². The number of carbonyl (C=O) groups is 1. The van der Waals surface area contributed by atoms with Crippen LogP contribution in [-0.2, 0) is 4.74 Å². The summed E-state index contributed by atoms with van der Waals surface area (Å²) < 4.78 is 62.5. The average Bonchev–Trinajstić information content (AvgIpc) is 3.51. The predicted octanol–water partition coefficient (Wildman–Crippen LogP) is 3.44. The molecule has 5 rings (SSSR count). The smallest absolute Gasteiger partial charge is 0.318 e. The Labute approximate surface area is 193 Å². The van der Waals surface area contributed by atoms with Crippen molar-refractivity contribution in [2.45, 2.75) is 68.6 Å². The number of ether oxygens (including phenoxy) is 1. The highest BCUT2D eigenvalue weighted by Crippen LogP contribution is 2.40. The summed E-state index contributed by atoms with van der Waals surface area (Å²) in [5.74, 6) is -5.81. The first-order valence-electron chi connectivity index (χ1n) is 11.6. The zero-order valence-corrected chi connectivity index (χ0v) is 18.6. The SMILES string of the molecule is N[C@H](c1cn2ncc([C@@H](COC3CC3)N3CC(F)(F)CNC3=O)cc2n1)C1CCC(F)(F)CC1. The fourth-order valence-electron chi connectivity index (χ4n) is 4.68. The van der Waals surface area contributed by atoms with Crippen LogP contribution in [0.3, 0.4) is 0 Å². The Balaban J connectivity index is 1.39. The van der Waals surface area contributed by atoms with E-state index >= 15 is 0 Å². The minimum Gasteiger partial charge on any atom is -0.376 e. The van der Waals surface area contributed by atoms with Crippen LogP contribution in [0.5, 0.6) is 0 Å². The van der Waals surface area contributed by atoms with E-state index in [1.165, 1.54) is 10.7 Å². The number of aromatic nitrogens is 3. The molecule has 0 unspecified atom stereocenters. The number of rotatable bonds is 7. The van der Waals surface area contributed by atoms with Crippen LogP contribution in [-0.4, -0.2) is 63.2 Å². The number of carbonyl (C=O) groups excluding carboxylic acids is 1. The zero-order valence-electron chi connectivity index (χ0n) is 18.6. The molecule has 3 fully saturated rings. The van der Waals surface area contributed by atoms with Crippen molar-refractivity contribution in [3.05, 3.63) is 29.7 Å². The second-order valence-corrected chi connectivity index (χ2v) is 9.67. The van der Waals surface area contributed by atoms with Gasteiger partial charge in [0, 0.05) is 18.4 Å². The Morgan fingerprint density at radius 3 is 2.62 bits per heavy atom. The lowest BCUT2D eigenvalue weighted by atomic mass is 9.81. The monoisotopic (exact) mass is 484 g/mol. The number of amides is 2. The summed E-state index contributed by atoms with van der Waals surface area (Å²) in [5, 5.41) is 6.59. The largest absolute Gasteiger partial charge is 0.376 e. The molecule has 2 amide bonds. The van der Waals surface area contributed by atoms with Crippen molar-refractivity contribution in [3.63, 3.8) is 0 Å². The lowest BCUT2D eigenvalue weighted by molar-refractivity contribution is -0.0542. The van der Waals surface area contributed by atoms with Gasteiger partial charge in [0.15, 0.2) is 5.65 Å². The molecule has 0 radical (unpaired) electrons. The number of fused-ring (bicyclic) bond motifs is 1. The fourth-order valence-corrected chi connectivity index (χ4v) is 4.68. The van der Waals surface area contributed by atoms with E-state index in [1.807, 2.05) is 0 Å². The minimum atomic E-state index is -3.06. The second-order valence-electron chi connectivity index (χ2n) is 9.67. The van der Waals surface area contributed by atoms with Crippen molar-refractivity contribution in [2.24, 2.45) is 11.7 Å². The van der Waals surface area contributed by atoms with Gasteiger partial charge in [0.2, 0.25) is 5.92 Å². The molecule has 1 aliphatic heterocycles. The number of nitrogens with one attached hydrogen (secondary N) is 1. The first kappa shape index (κ1) is 23.3. The van der Waals surface area contributed by atoms with Crippen molar-refractivity contribution in [3.8, 4) is 0 Å². The van der Waals surface area contributed by atoms with Gasteiger partial charge in [-0.05, 0) is 37.7 Å². The Bertz CT molecular complexity index is 1050. The lowest BCUT2D eigenvalue weighted by Gasteiger charge is -2.38. The fraction of sp³-hybridized carbons (Fsp3) is 0.682. The molecular weight excluding hydrogens is 456 g/mol. The van der Waals surface area contributed by atoms with Crippen LogP contribution >= 0.6 is 0 Å². The number of nitrogens with zero attached hydrogens (tertiary/aromatic N) is 4. The van der Waals surface area contributed by atoms with E-state index in [2.05, 4.69) is 15.4 Å². The Morgan fingerprint density at radius 1 is 1.18 bits per heavy atom. The van der Waals surface area contributed by atoms with Crippen molar-refractivity contribution >= 4 is 11.7 Å². The van der Waals surface area contributed by atoms with Gasteiger partial charge in [-0.15, -0.1) is 0 Å². The highest BCUT2D eigenvalue weighted by Gasteiger charge is 2.43. The van der Waals surface area contributed by atoms with E-state index < -0.39 is 43.0 Å². The highest BCUT2D eigenvalue weighted by molar-refractivity contribution is 5.76. The molecule has 0 bridgehead atoms. The topological polar surface area (TPSA) is 97.8 Å². The van der Waals surface area contributed by atoms with Crippen LogP contribution in [0.15, 0.2) is 18.5 Å². The highest BCUT2D eigenvalue weighted by atomic mass is 19.3. The zero-order chi connectivity index (χ0) is 24.1. The van der Waals surface area contributed by atoms with Gasteiger partial charge < -0.3 is 20.7 Å². The maximum Gasteiger partial charge on any atom is 0.318 e. The van der Waals surface area contributed by atoms with Gasteiger partial charge in [-0.3, -0.25) is 0 Å². The van der Waals surface area contributed by atoms with Gasteiger partial charge in [-0.2, -0.15) is 5.10 Å². The lowest BCUT2D eigenvalue weighted by Crippen LogP contribution is -2.58. The molecule has 2 atom stereocenters. The van der Waals surface area contributed by atoms with Crippen LogP contribution in [0, 0.1) is 5.92 Å². The molecule has 3 aliphatic rings. The van der Waals surface area contributed by atoms with E-state index in [9.17, 15) is 22.4 Å². The number of hydrogen-bond donors (Lipinski definition) is 2. The third-order valence-corrected chi connectivity index (χ3v) is 6.91. The van der Waals surface area contributed by atoms with Crippen LogP contribution in [0.4, 0.5) is 22.4 Å². The first-order valence-corrected chi connectivity index (χ1v) is 11.6. The van der Waals surface area contributed by atoms with E-state index in [1.54, 1.807) is 12.3 Å². The molecule has 2 aliphatic carbocycles. The number of alkyl halides is 4. The van der Waals surface area contributed by atoms with E-state index in [0.717, 1.165) is 17.7 Å². The number of halogens is 4. The molecule has 3 heterocycles. The summed E-state index contributed by atoms with van der Waals surface area (Å²) in [4.78, 5) is 18.1. The molecule has 34 heavy (non-hydrogen) atoms. The summed E-state index contributed by atoms with van der Waals surface area (Å²) in [6.45, 7) is -1.36. The summed E-state index contributed by atoms with van der Waals surface area (Å²) in [6, 6.07) is -0.185. The van der Waals surface area contributed by atoms with Crippen LogP contribution in [0.1, 0.15) is 61.9 Å². The maximum absolute atomic E-state index is 14.1. The Hall–Kier alpha value is -2.47. The van der Waals surface area contributed by atoms with E-state index in [4.69, 9.17) is 10.5 Å². The van der Waals surface area contributed by atoms with Crippen molar-refractivity contribution < 1.29 is 27.1 Å². The molecule has 186 valence electrons. The standard InChI is InChI=1S/C22H28F4N6O2/c23-21(24)5-3-13(4-6-21)19(27)16-9-32-18(30-16)7-14(8-29-32)17(10-34-15-1-2-15)31-12-22(25,26)11-28-20(31)33/h7-9,13,15,17,19H,1-6,10-12,27H2,(H,28,33)/t17-,19+/m1/s1. The minimum absolute atomic E-state index is 0.0649.